The van der Waals surface area contributed by atoms with Gasteiger partial charge in [-0.25, -0.2) is 0 Å². The summed E-state index contributed by atoms with van der Waals surface area (Å²) in [5.41, 5.74) is 3.49. The van der Waals surface area contributed by atoms with Crippen molar-refractivity contribution in [2.75, 3.05) is 46.0 Å². The van der Waals surface area contributed by atoms with Crippen molar-refractivity contribution < 1.29 is 28.9 Å². The molecule has 1 amide bonds. The van der Waals surface area contributed by atoms with Crippen molar-refractivity contribution in [1.29, 1.82) is 0 Å². The molecule has 3 aromatic rings. The number of rotatable bonds is 12. The van der Waals surface area contributed by atoms with Crippen LogP contribution in [-0.2, 0) is 20.9 Å². The van der Waals surface area contributed by atoms with Gasteiger partial charge in [-0.05, 0) is 60.9 Å². The number of ketones is 1. The first kappa shape index (κ1) is 30.3. The highest BCUT2D eigenvalue weighted by molar-refractivity contribution is 6.46. The third-order valence-electron chi connectivity index (χ3n) is 7.88. The summed E-state index contributed by atoms with van der Waals surface area (Å²) in [6.45, 7) is 8.99. The van der Waals surface area contributed by atoms with E-state index >= 15 is 0 Å². The fourth-order valence-electron chi connectivity index (χ4n) is 5.44. The predicted molar refractivity (Wildman–Crippen MR) is 165 cm³/mol. The fraction of sp³-hybridized carbons (Fsp3) is 0.371. The molecule has 2 heterocycles. The molecule has 0 spiro atoms. The molecule has 0 aliphatic carbocycles. The first-order valence-electron chi connectivity index (χ1n) is 15.0. The third kappa shape index (κ3) is 7.45. The largest absolute Gasteiger partial charge is 0.507 e. The Morgan fingerprint density at radius 2 is 1.63 bits per heavy atom. The maximum absolute atomic E-state index is 13.5. The zero-order chi connectivity index (χ0) is 30.2. The number of hydrogen-bond donors (Lipinski definition) is 1. The van der Waals surface area contributed by atoms with E-state index in [0.717, 1.165) is 48.4 Å². The maximum atomic E-state index is 13.5. The summed E-state index contributed by atoms with van der Waals surface area (Å²) in [4.78, 5) is 30.7. The molecule has 0 saturated carbocycles. The number of morpholine rings is 1. The molecule has 8 heteroatoms. The quantitative estimate of drug-likeness (QED) is 0.130. The average molecular weight is 585 g/mol. The average Bonchev–Trinajstić information content (AvgIpc) is 3.29. The van der Waals surface area contributed by atoms with E-state index in [2.05, 4.69) is 17.9 Å². The number of unbranched alkanes of at least 4 members (excludes halogenated alkanes) is 1. The summed E-state index contributed by atoms with van der Waals surface area (Å²) in [6, 6.07) is 21.8. The standard InChI is InChI=1S/C35H40N2O6/c1-3-4-20-42-29-12-8-27(9-13-29)32-31(34(39)35(40)37(32)17-16-36-18-21-41-22-19-36)33(38)28-10-14-30(15-11-28)43-24-26-7-5-6-25(2)23-26/h5-15,23,32,38H,3-4,16-22,24H2,1-2H3. The van der Waals surface area contributed by atoms with Crippen LogP contribution in [-0.4, -0.2) is 72.6 Å². The van der Waals surface area contributed by atoms with Crippen molar-refractivity contribution in [3.05, 3.63) is 101 Å². The van der Waals surface area contributed by atoms with E-state index in [9.17, 15) is 14.7 Å². The van der Waals surface area contributed by atoms with E-state index in [1.165, 1.54) is 0 Å². The van der Waals surface area contributed by atoms with Crippen LogP contribution in [0.1, 0.15) is 48.1 Å². The van der Waals surface area contributed by atoms with E-state index in [1.807, 2.05) is 49.4 Å². The summed E-state index contributed by atoms with van der Waals surface area (Å²) >= 11 is 0. The molecule has 1 atom stereocenters. The number of benzene rings is 3. The Labute approximate surface area is 253 Å². The number of ether oxygens (including phenoxy) is 3. The summed E-state index contributed by atoms with van der Waals surface area (Å²) in [5, 5.41) is 11.5. The van der Waals surface area contributed by atoms with Gasteiger partial charge in [0.25, 0.3) is 11.7 Å². The Morgan fingerprint density at radius 3 is 2.33 bits per heavy atom. The summed E-state index contributed by atoms with van der Waals surface area (Å²) in [5.74, 6) is -0.137. The van der Waals surface area contributed by atoms with E-state index in [0.29, 0.717) is 50.8 Å². The van der Waals surface area contributed by atoms with Gasteiger partial charge in [-0.15, -0.1) is 0 Å². The smallest absolute Gasteiger partial charge is 0.295 e. The van der Waals surface area contributed by atoms with E-state index in [4.69, 9.17) is 14.2 Å². The van der Waals surface area contributed by atoms with Crippen LogP contribution < -0.4 is 9.47 Å². The van der Waals surface area contributed by atoms with Gasteiger partial charge in [-0.1, -0.05) is 55.3 Å². The number of aliphatic hydroxyl groups is 1. The Kier molecular flexibility index (Phi) is 10.1. The molecule has 2 fully saturated rings. The highest BCUT2D eigenvalue weighted by Crippen LogP contribution is 2.40. The lowest BCUT2D eigenvalue weighted by molar-refractivity contribution is -0.140. The van der Waals surface area contributed by atoms with E-state index in [1.54, 1.807) is 29.2 Å². The van der Waals surface area contributed by atoms with Crippen molar-refractivity contribution in [1.82, 2.24) is 9.80 Å². The highest BCUT2D eigenvalue weighted by Gasteiger charge is 2.46. The number of aryl methyl sites for hydroxylation is 1. The molecule has 3 aromatic carbocycles. The molecule has 0 aromatic heterocycles. The number of aliphatic hydroxyl groups excluding tert-OH is 1. The van der Waals surface area contributed by atoms with Crippen LogP contribution in [0.25, 0.3) is 5.76 Å². The minimum atomic E-state index is -0.719. The van der Waals surface area contributed by atoms with Gasteiger partial charge < -0.3 is 24.2 Å². The zero-order valence-corrected chi connectivity index (χ0v) is 25.0. The van der Waals surface area contributed by atoms with Gasteiger partial charge in [0.05, 0.1) is 31.4 Å². The number of carbonyl (C=O) groups excluding carboxylic acids is 2. The van der Waals surface area contributed by atoms with Gasteiger partial charge in [0.1, 0.15) is 23.9 Å². The van der Waals surface area contributed by atoms with Gasteiger partial charge in [0, 0.05) is 31.7 Å². The van der Waals surface area contributed by atoms with Gasteiger partial charge in [-0.2, -0.15) is 0 Å². The Morgan fingerprint density at radius 1 is 0.930 bits per heavy atom. The minimum absolute atomic E-state index is 0.0834. The first-order chi connectivity index (χ1) is 20.9. The number of Topliss-reactive ketones (excluding diaryl/α,β-unsaturated/α-hetero) is 1. The van der Waals surface area contributed by atoms with Crippen LogP contribution >= 0.6 is 0 Å². The van der Waals surface area contributed by atoms with E-state index < -0.39 is 17.7 Å². The lowest BCUT2D eigenvalue weighted by Gasteiger charge is -2.31. The molecular formula is C35H40N2O6. The van der Waals surface area contributed by atoms with Gasteiger partial charge in [0.2, 0.25) is 0 Å². The third-order valence-corrected chi connectivity index (χ3v) is 7.88. The lowest BCUT2D eigenvalue weighted by atomic mass is 9.95. The Bertz CT molecular complexity index is 1430. The van der Waals surface area contributed by atoms with Crippen molar-refractivity contribution in [2.45, 2.75) is 39.3 Å². The number of nitrogens with zero attached hydrogens (tertiary/aromatic N) is 2. The second kappa shape index (κ2) is 14.4. The van der Waals surface area contributed by atoms with Crippen molar-refractivity contribution in [3.8, 4) is 11.5 Å². The molecule has 5 rings (SSSR count). The molecular weight excluding hydrogens is 544 g/mol. The minimum Gasteiger partial charge on any atom is -0.507 e. The predicted octanol–water partition coefficient (Wildman–Crippen LogP) is 5.51. The Hall–Kier alpha value is -4.14. The monoisotopic (exact) mass is 584 g/mol. The summed E-state index contributed by atoms with van der Waals surface area (Å²) in [6.07, 6.45) is 1.99. The molecule has 226 valence electrons. The molecule has 2 saturated heterocycles. The van der Waals surface area contributed by atoms with E-state index in [-0.39, 0.29) is 11.3 Å². The lowest BCUT2D eigenvalue weighted by Crippen LogP contribution is -2.42. The van der Waals surface area contributed by atoms with Crippen molar-refractivity contribution in [3.63, 3.8) is 0 Å². The van der Waals surface area contributed by atoms with Crippen LogP contribution in [0.3, 0.4) is 0 Å². The Balaban J connectivity index is 1.40. The SMILES string of the molecule is CCCCOc1ccc(C2C(=C(O)c3ccc(OCc4cccc(C)c4)cc3)C(=O)C(=O)N2CCN2CCOCC2)cc1. The topological polar surface area (TPSA) is 88.5 Å². The van der Waals surface area contributed by atoms with Crippen LogP contribution in [0, 0.1) is 6.92 Å². The molecule has 2 aliphatic rings. The zero-order valence-electron chi connectivity index (χ0n) is 25.0. The van der Waals surface area contributed by atoms with Crippen LogP contribution in [0.2, 0.25) is 0 Å². The highest BCUT2D eigenvalue weighted by atomic mass is 16.5. The summed E-state index contributed by atoms with van der Waals surface area (Å²) < 4.78 is 17.2. The van der Waals surface area contributed by atoms with Crippen LogP contribution in [0.4, 0.5) is 0 Å². The molecule has 2 aliphatic heterocycles. The normalized spacial score (nSPS) is 18.7. The second-order valence-corrected chi connectivity index (χ2v) is 11.0. The summed E-state index contributed by atoms with van der Waals surface area (Å²) in [7, 11) is 0. The molecule has 1 unspecified atom stereocenters. The molecule has 8 nitrogen and oxygen atoms in total. The van der Waals surface area contributed by atoms with Gasteiger partial charge in [0.15, 0.2) is 0 Å². The van der Waals surface area contributed by atoms with Crippen molar-refractivity contribution >= 4 is 17.4 Å². The van der Waals surface area contributed by atoms with Crippen LogP contribution in [0.5, 0.6) is 11.5 Å². The number of carbonyl (C=O) groups is 2. The number of likely N-dealkylation sites (tertiary alicyclic amines) is 1. The van der Waals surface area contributed by atoms with Gasteiger partial charge >= 0.3 is 0 Å². The second-order valence-electron chi connectivity index (χ2n) is 11.0. The molecule has 43 heavy (non-hydrogen) atoms. The van der Waals surface area contributed by atoms with Crippen LogP contribution in [0.15, 0.2) is 78.4 Å². The fourth-order valence-corrected chi connectivity index (χ4v) is 5.44. The van der Waals surface area contributed by atoms with Gasteiger partial charge in [-0.3, -0.25) is 14.5 Å². The molecule has 0 bridgehead atoms. The molecule has 1 N–H and O–H groups in total. The number of hydrogen-bond acceptors (Lipinski definition) is 7. The number of amides is 1. The van der Waals surface area contributed by atoms with Crippen molar-refractivity contribution in [2.24, 2.45) is 0 Å². The maximum Gasteiger partial charge on any atom is 0.295 e. The molecule has 0 radical (unpaired) electrons. The first-order valence-corrected chi connectivity index (χ1v) is 15.0.